The monoisotopic (exact) mass is 267 g/mol. The number of amides is 1. The second-order valence-electron chi connectivity index (χ2n) is 4.76. The number of carbonyl (C=O) groups excluding carboxylic acids is 1. The van der Waals surface area contributed by atoms with Gasteiger partial charge < -0.3 is 5.32 Å². The number of fused-ring (bicyclic) bond motifs is 1. The molecule has 0 aliphatic rings. The summed E-state index contributed by atoms with van der Waals surface area (Å²) in [5.74, 6) is -0.241. The number of carbonyl (C=O) groups is 1. The van der Waals surface area contributed by atoms with E-state index in [4.69, 9.17) is 0 Å². The van der Waals surface area contributed by atoms with Crippen molar-refractivity contribution in [2.75, 3.05) is 5.32 Å². The van der Waals surface area contributed by atoms with E-state index in [1.165, 1.54) is 0 Å². The summed E-state index contributed by atoms with van der Waals surface area (Å²) in [6, 6.07) is 9.66. The summed E-state index contributed by atoms with van der Waals surface area (Å²) in [4.78, 5) is 16.5. The van der Waals surface area contributed by atoms with E-state index in [2.05, 4.69) is 16.4 Å². The van der Waals surface area contributed by atoms with Crippen LogP contribution in [0, 0.1) is 16.7 Å². The minimum absolute atomic E-state index is 0.241. The lowest BCUT2D eigenvalue weighted by atomic mass is 9.83. The molecular weight excluding hydrogens is 250 g/mol. The topological polar surface area (TPSA) is 65.8 Å². The van der Waals surface area contributed by atoms with Crippen molar-refractivity contribution in [2.45, 2.75) is 26.7 Å². The molecule has 2 aromatic rings. The van der Waals surface area contributed by atoms with Crippen LogP contribution in [0.4, 0.5) is 5.69 Å². The Balaban J connectivity index is 2.38. The van der Waals surface area contributed by atoms with E-state index >= 15 is 0 Å². The first kappa shape index (κ1) is 14.0. The molecule has 0 aliphatic carbocycles. The van der Waals surface area contributed by atoms with E-state index in [9.17, 15) is 10.1 Å². The molecule has 0 bridgehead atoms. The minimum atomic E-state index is -0.963. The lowest BCUT2D eigenvalue weighted by Gasteiger charge is -2.22. The van der Waals surface area contributed by atoms with Crippen LogP contribution in [-0.4, -0.2) is 10.9 Å². The molecule has 1 N–H and O–H groups in total. The summed E-state index contributed by atoms with van der Waals surface area (Å²) in [5, 5.41) is 14.1. The minimum Gasteiger partial charge on any atom is -0.324 e. The van der Waals surface area contributed by atoms with Gasteiger partial charge in [-0.05, 0) is 25.0 Å². The number of nitriles is 1. The third kappa shape index (κ3) is 2.35. The number of nitrogens with one attached hydrogen (secondary N) is 1. The summed E-state index contributed by atoms with van der Waals surface area (Å²) < 4.78 is 0. The molecule has 0 saturated heterocycles. The Morgan fingerprint density at radius 1 is 1.35 bits per heavy atom. The Kier molecular flexibility index (Phi) is 3.99. The quantitative estimate of drug-likeness (QED) is 0.921. The fraction of sp³-hybridized carbons (Fsp3) is 0.312. The fourth-order valence-electron chi connectivity index (χ4n) is 2.25. The lowest BCUT2D eigenvalue weighted by Crippen LogP contribution is -2.34. The SMILES string of the molecule is CCC(C#N)(CC)C(=O)Nc1cccc2cnccc12. The van der Waals surface area contributed by atoms with Gasteiger partial charge in [-0.15, -0.1) is 0 Å². The van der Waals surface area contributed by atoms with Crippen LogP contribution < -0.4 is 5.32 Å². The average molecular weight is 267 g/mol. The van der Waals surface area contributed by atoms with E-state index in [0.717, 1.165) is 16.5 Å². The molecule has 20 heavy (non-hydrogen) atoms. The zero-order chi connectivity index (χ0) is 14.6. The molecule has 0 saturated carbocycles. The Labute approximate surface area is 118 Å². The molecule has 4 heteroatoms. The highest BCUT2D eigenvalue weighted by molar-refractivity contribution is 6.04. The summed E-state index contributed by atoms with van der Waals surface area (Å²) in [6.45, 7) is 3.72. The number of benzene rings is 1. The highest BCUT2D eigenvalue weighted by atomic mass is 16.2. The van der Waals surface area contributed by atoms with Crippen LogP contribution in [0.15, 0.2) is 36.7 Å². The lowest BCUT2D eigenvalue weighted by molar-refractivity contribution is -0.123. The van der Waals surface area contributed by atoms with Crippen molar-refractivity contribution < 1.29 is 4.79 Å². The molecule has 0 aliphatic heterocycles. The van der Waals surface area contributed by atoms with Gasteiger partial charge >= 0.3 is 0 Å². The Morgan fingerprint density at radius 2 is 2.10 bits per heavy atom. The van der Waals surface area contributed by atoms with Gasteiger partial charge in [0, 0.05) is 28.9 Å². The summed E-state index contributed by atoms with van der Waals surface area (Å²) in [5.41, 5.74) is -0.244. The summed E-state index contributed by atoms with van der Waals surface area (Å²) in [6.07, 6.45) is 4.44. The first-order valence-electron chi connectivity index (χ1n) is 6.72. The number of anilines is 1. The van der Waals surface area contributed by atoms with Gasteiger partial charge in [-0.1, -0.05) is 26.0 Å². The first-order chi connectivity index (χ1) is 9.66. The van der Waals surface area contributed by atoms with Gasteiger partial charge in [-0.2, -0.15) is 5.26 Å². The summed E-state index contributed by atoms with van der Waals surface area (Å²) >= 11 is 0. The maximum absolute atomic E-state index is 12.4. The van der Waals surface area contributed by atoms with E-state index in [1.54, 1.807) is 12.4 Å². The van der Waals surface area contributed by atoms with Gasteiger partial charge in [0.15, 0.2) is 0 Å². The molecule has 0 fully saturated rings. The van der Waals surface area contributed by atoms with Gasteiger partial charge in [-0.3, -0.25) is 9.78 Å². The second-order valence-corrected chi connectivity index (χ2v) is 4.76. The van der Waals surface area contributed by atoms with Gasteiger partial charge in [0.25, 0.3) is 0 Å². The third-order valence-electron chi connectivity index (χ3n) is 3.78. The Hall–Kier alpha value is -2.41. The first-order valence-corrected chi connectivity index (χ1v) is 6.72. The second kappa shape index (κ2) is 5.70. The Bertz CT molecular complexity index is 663. The van der Waals surface area contributed by atoms with Gasteiger partial charge in [-0.25, -0.2) is 0 Å². The molecule has 1 aromatic heterocycles. The van der Waals surface area contributed by atoms with Crippen LogP contribution >= 0.6 is 0 Å². The van der Waals surface area contributed by atoms with Crippen LogP contribution in [0.25, 0.3) is 10.8 Å². The van der Waals surface area contributed by atoms with Gasteiger partial charge in [0.2, 0.25) is 5.91 Å². The van der Waals surface area contributed by atoms with Crippen LogP contribution in [0.5, 0.6) is 0 Å². The van der Waals surface area contributed by atoms with Crippen LogP contribution in [0.3, 0.4) is 0 Å². The standard InChI is InChI=1S/C16H17N3O/c1-3-16(4-2,11-17)15(20)19-14-7-5-6-12-10-18-9-8-13(12)14/h5-10H,3-4H2,1-2H3,(H,19,20). The molecule has 1 amide bonds. The highest BCUT2D eigenvalue weighted by Gasteiger charge is 2.35. The number of hydrogen-bond donors (Lipinski definition) is 1. The molecule has 0 spiro atoms. The van der Waals surface area contributed by atoms with E-state index in [0.29, 0.717) is 12.8 Å². The van der Waals surface area contributed by atoms with Crippen molar-refractivity contribution >= 4 is 22.4 Å². The van der Waals surface area contributed by atoms with Crippen molar-refractivity contribution in [1.29, 1.82) is 5.26 Å². The molecule has 4 nitrogen and oxygen atoms in total. The number of aromatic nitrogens is 1. The molecule has 2 rings (SSSR count). The van der Waals surface area contributed by atoms with E-state index in [-0.39, 0.29) is 5.91 Å². The number of nitrogens with zero attached hydrogens (tertiary/aromatic N) is 2. The van der Waals surface area contributed by atoms with Gasteiger partial charge in [0.1, 0.15) is 5.41 Å². The predicted molar refractivity (Wildman–Crippen MR) is 79.0 cm³/mol. The highest BCUT2D eigenvalue weighted by Crippen LogP contribution is 2.29. The van der Waals surface area contributed by atoms with Crippen molar-refractivity contribution in [3.8, 4) is 6.07 Å². The molecular formula is C16H17N3O. The molecule has 0 atom stereocenters. The average Bonchev–Trinajstić information content (AvgIpc) is 2.50. The smallest absolute Gasteiger partial charge is 0.244 e. The molecule has 0 unspecified atom stereocenters. The van der Waals surface area contributed by atoms with Crippen molar-refractivity contribution in [3.05, 3.63) is 36.7 Å². The Morgan fingerprint density at radius 3 is 2.75 bits per heavy atom. The summed E-state index contributed by atoms with van der Waals surface area (Å²) in [7, 11) is 0. The molecule has 1 heterocycles. The zero-order valence-corrected chi connectivity index (χ0v) is 11.7. The maximum Gasteiger partial charge on any atom is 0.244 e. The van der Waals surface area contributed by atoms with Crippen LogP contribution in [-0.2, 0) is 4.79 Å². The zero-order valence-electron chi connectivity index (χ0n) is 11.7. The maximum atomic E-state index is 12.4. The fourth-order valence-corrected chi connectivity index (χ4v) is 2.25. The van der Waals surface area contributed by atoms with Gasteiger partial charge in [0.05, 0.1) is 6.07 Å². The van der Waals surface area contributed by atoms with E-state index in [1.807, 2.05) is 38.1 Å². The van der Waals surface area contributed by atoms with Crippen LogP contribution in [0.2, 0.25) is 0 Å². The van der Waals surface area contributed by atoms with Crippen molar-refractivity contribution in [2.24, 2.45) is 5.41 Å². The number of pyridine rings is 1. The van der Waals surface area contributed by atoms with Crippen LogP contribution in [0.1, 0.15) is 26.7 Å². The van der Waals surface area contributed by atoms with Crippen molar-refractivity contribution in [3.63, 3.8) is 0 Å². The van der Waals surface area contributed by atoms with E-state index < -0.39 is 5.41 Å². The molecule has 0 radical (unpaired) electrons. The largest absolute Gasteiger partial charge is 0.324 e. The molecule has 102 valence electrons. The number of rotatable bonds is 4. The molecule has 1 aromatic carbocycles. The van der Waals surface area contributed by atoms with Crippen molar-refractivity contribution in [1.82, 2.24) is 4.98 Å². The number of hydrogen-bond acceptors (Lipinski definition) is 3. The predicted octanol–water partition coefficient (Wildman–Crippen LogP) is 3.50. The normalized spacial score (nSPS) is 11.1. The third-order valence-corrected chi connectivity index (χ3v) is 3.78.